The molecule has 2 N–H and O–H groups in total. The maximum atomic E-state index is 11.1. The highest BCUT2D eigenvalue weighted by atomic mass is 32.2. The summed E-state index contributed by atoms with van der Waals surface area (Å²) in [6.45, 7) is 4.62. The van der Waals surface area contributed by atoms with Gasteiger partial charge in [-0.3, -0.25) is 4.79 Å². The third kappa shape index (κ3) is 9.70. The Bertz CT molecular complexity index is 131. The molecule has 0 radical (unpaired) electrons. The third-order valence-corrected chi connectivity index (χ3v) is 2.20. The van der Waals surface area contributed by atoms with Gasteiger partial charge >= 0.3 is 0 Å². The van der Waals surface area contributed by atoms with Crippen LogP contribution in [-0.2, 0) is 4.79 Å². The molecule has 0 spiro atoms. The van der Waals surface area contributed by atoms with Crippen molar-refractivity contribution in [2.45, 2.75) is 19.8 Å². The minimum absolute atomic E-state index is 0.151. The van der Waals surface area contributed by atoms with Gasteiger partial charge in [0.15, 0.2) is 0 Å². The van der Waals surface area contributed by atoms with E-state index in [2.05, 4.69) is 23.8 Å². The molecule has 0 aromatic rings. The highest BCUT2D eigenvalue weighted by Gasteiger charge is 1.97. The van der Waals surface area contributed by atoms with Gasteiger partial charge in [-0.1, -0.05) is 6.92 Å². The summed E-state index contributed by atoms with van der Waals surface area (Å²) in [5, 5.41) is 6.05. The van der Waals surface area contributed by atoms with E-state index in [0.717, 1.165) is 31.8 Å². The second kappa shape index (κ2) is 9.86. The summed E-state index contributed by atoms with van der Waals surface area (Å²) in [5.41, 5.74) is 0. The lowest BCUT2D eigenvalue weighted by Gasteiger charge is -2.04. The summed E-state index contributed by atoms with van der Waals surface area (Å²) in [4.78, 5) is 11.1. The van der Waals surface area contributed by atoms with Gasteiger partial charge in [0.2, 0.25) is 5.91 Å². The lowest BCUT2D eigenvalue weighted by atomic mass is 10.4. The summed E-state index contributed by atoms with van der Waals surface area (Å²) in [6, 6.07) is 0. The summed E-state index contributed by atoms with van der Waals surface area (Å²) in [7, 11) is 0. The van der Waals surface area contributed by atoms with Crippen LogP contribution < -0.4 is 10.6 Å². The summed E-state index contributed by atoms with van der Waals surface area (Å²) < 4.78 is 0. The van der Waals surface area contributed by atoms with Gasteiger partial charge < -0.3 is 10.6 Å². The summed E-state index contributed by atoms with van der Waals surface area (Å²) >= 11 is 1.81. The Hall–Kier alpha value is -0.220. The first kappa shape index (κ1) is 12.8. The van der Waals surface area contributed by atoms with E-state index in [9.17, 15) is 4.79 Å². The van der Waals surface area contributed by atoms with E-state index in [-0.39, 0.29) is 5.91 Å². The molecule has 0 bridgehead atoms. The zero-order valence-electron chi connectivity index (χ0n) is 8.56. The fourth-order valence-electron chi connectivity index (χ4n) is 0.854. The molecular weight excluding hydrogens is 184 g/mol. The number of rotatable bonds is 8. The molecule has 0 aliphatic heterocycles. The smallest absolute Gasteiger partial charge is 0.221 e. The van der Waals surface area contributed by atoms with E-state index in [1.807, 2.05) is 11.8 Å². The van der Waals surface area contributed by atoms with Crippen molar-refractivity contribution in [3.05, 3.63) is 0 Å². The van der Waals surface area contributed by atoms with Crippen molar-refractivity contribution in [1.82, 2.24) is 10.6 Å². The van der Waals surface area contributed by atoms with Crippen LogP contribution in [0.4, 0.5) is 0 Å². The molecule has 0 heterocycles. The standard InChI is InChI=1S/C9H20N2OS/c1-3-5-11-9(12)4-6-10-7-8-13-2/h10H,3-8H2,1-2H3,(H,11,12). The normalized spacial score (nSPS) is 10.0. The Morgan fingerprint density at radius 1 is 1.31 bits per heavy atom. The molecule has 0 saturated carbocycles. The fourth-order valence-corrected chi connectivity index (χ4v) is 1.20. The molecule has 0 unspecified atom stereocenters. The number of nitrogens with one attached hydrogen (secondary N) is 2. The number of hydrogen-bond acceptors (Lipinski definition) is 3. The number of thioether (sulfide) groups is 1. The summed E-state index contributed by atoms with van der Waals surface area (Å²) in [5.74, 6) is 1.26. The van der Waals surface area contributed by atoms with E-state index >= 15 is 0 Å². The molecule has 0 aliphatic carbocycles. The van der Waals surface area contributed by atoms with Crippen LogP contribution in [0.5, 0.6) is 0 Å². The van der Waals surface area contributed by atoms with Crippen LogP contribution in [0.3, 0.4) is 0 Å². The lowest BCUT2D eigenvalue weighted by molar-refractivity contribution is -0.120. The maximum absolute atomic E-state index is 11.1. The molecule has 0 aromatic heterocycles. The van der Waals surface area contributed by atoms with E-state index in [1.54, 1.807) is 0 Å². The summed E-state index contributed by atoms with van der Waals surface area (Å²) in [6.07, 6.45) is 3.68. The van der Waals surface area contributed by atoms with Gasteiger partial charge in [-0.15, -0.1) is 0 Å². The molecule has 0 atom stereocenters. The van der Waals surface area contributed by atoms with Crippen molar-refractivity contribution in [3.8, 4) is 0 Å². The number of hydrogen-bond donors (Lipinski definition) is 2. The van der Waals surface area contributed by atoms with Crippen molar-refractivity contribution < 1.29 is 4.79 Å². The topological polar surface area (TPSA) is 41.1 Å². The van der Waals surface area contributed by atoms with Gasteiger partial charge in [-0.25, -0.2) is 0 Å². The van der Waals surface area contributed by atoms with Crippen LogP contribution in [0.25, 0.3) is 0 Å². The highest BCUT2D eigenvalue weighted by Crippen LogP contribution is 1.87. The molecule has 13 heavy (non-hydrogen) atoms. The Morgan fingerprint density at radius 2 is 2.08 bits per heavy atom. The number of carbonyl (C=O) groups is 1. The molecule has 0 rings (SSSR count). The molecular formula is C9H20N2OS. The van der Waals surface area contributed by atoms with E-state index < -0.39 is 0 Å². The van der Waals surface area contributed by atoms with Crippen molar-refractivity contribution in [2.24, 2.45) is 0 Å². The van der Waals surface area contributed by atoms with Gasteiger partial charge in [0.25, 0.3) is 0 Å². The zero-order chi connectivity index (χ0) is 9.94. The van der Waals surface area contributed by atoms with E-state index in [0.29, 0.717) is 6.42 Å². The minimum atomic E-state index is 0.151. The van der Waals surface area contributed by atoms with Gasteiger partial charge in [0.1, 0.15) is 0 Å². The molecule has 4 heteroatoms. The second-order valence-corrected chi connectivity index (χ2v) is 3.83. The van der Waals surface area contributed by atoms with Crippen LogP contribution in [0.2, 0.25) is 0 Å². The first-order valence-corrected chi connectivity index (χ1v) is 6.17. The Labute approximate surface area is 85.0 Å². The average molecular weight is 204 g/mol. The average Bonchev–Trinajstić information content (AvgIpc) is 2.14. The van der Waals surface area contributed by atoms with Gasteiger partial charge in [-0.05, 0) is 12.7 Å². The maximum Gasteiger partial charge on any atom is 0.221 e. The van der Waals surface area contributed by atoms with Crippen molar-refractivity contribution in [2.75, 3.05) is 31.6 Å². The van der Waals surface area contributed by atoms with Crippen LogP contribution in [-0.4, -0.2) is 37.6 Å². The van der Waals surface area contributed by atoms with Gasteiger partial charge in [0, 0.05) is 31.8 Å². The first-order chi connectivity index (χ1) is 6.31. The largest absolute Gasteiger partial charge is 0.356 e. The van der Waals surface area contributed by atoms with Crippen molar-refractivity contribution >= 4 is 17.7 Å². The molecule has 0 saturated heterocycles. The second-order valence-electron chi connectivity index (χ2n) is 2.84. The molecule has 1 amide bonds. The number of carbonyl (C=O) groups excluding carboxylic acids is 1. The first-order valence-electron chi connectivity index (χ1n) is 4.77. The predicted octanol–water partition coefficient (Wildman–Crippen LogP) is 0.855. The monoisotopic (exact) mass is 204 g/mol. The molecule has 78 valence electrons. The van der Waals surface area contributed by atoms with Crippen molar-refractivity contribution in [1.29, 1.82) is 0 Å². The number of amides is 1. The lowest BCUT2D eigenvalue weighted by Crippen LogP contribution is -2.28. The Kier molecular flexibility index (Phi) is 9.70. The van der Waals surface area contributed by atoms with E-state index in [1.165, 1.54) is 0 Å². The molecule has 0 aliphatic rings. The fraction of sp³-hybridized carbons (Fsp3) is 0.889. The van der Waals surface area contributed by atoms with Crippen LogP contribution >= 0.6 is 11.8 Å². The predicted molar refractivity (Wildman–Crippen MR) is 59.2 cm³/mol. The van der Waals surface area contributed by atoms with Crippen LogP contribution in [0.15, 0.2) is 0 Å². The minimum Gasteiger partial charge on any atom is -0.356 e. The Morgan fingerprint density at radius 3 is 2.69 bits per heavy atom. The SMILES string of the molecule is CCCNC(=O)CCNCCSC. The zero-order valence-corrected chi connectivity index (χ0v) is 9.38. The highest BCUT2D eigenvalue weighted by molar-refractivity contribution is 7.98. The quantitative estimate of drug-likeness (QED) is 0.576. The van der Waals surface area contributed by atoms with Crippen molar-refractivity contribution in [3.63, 3.8) is 0 Å². The van der Waals surface area contributed by atoms with Gasteiger partial charge in [0.05, 0.1) is 0 Å². The molecule has 0 aromatic carbocycles. The van der Waals surface area contributed by atoms with E-state index in [4.69, 9.17) is 0 Å². The van der Waals surface area contributed by atoms with Gasteiger partial charge in [-0.2, -0.15) is 11.8 Å². The molecule has 3 nitrogen and oxygen atoms in total. The Balaban J connectivity index is 3.08. The molecule has 0 fully saturated rings. The van der Waals surface area contributed by atoms with Crippen LogP contribution in [0.1, 0.15) is 19.8 Å². The van der Waals surface area contributed by atoms with Crippen LogP contribution in [0, 0.1) is 0 Å². The third-order valence-electron chi connectivity index (χ3n) is 1.58.